The summed E-state index contributed by atoms with van der Waals surface area (Å²) in [6.45, 7) is 0.718. The number of hydrogen-bond acceptors (Lipinski definition) is 4. The SMILES string of the molecule is C#CCN1C(=O)S/C(=C\c2cn(CCOc3ccccc3F)c3ccccc23)C1=O. The predicted molar refractivity (Wildman–Crippen MR) is 115 cm³/mol. The van der Waals surface area contributed by atoms with Crippen LogP contribution in [0.4, 0.5) is 9.18 Å². The zero-order chi connectivity index (χ0) is 21.1. The summed E-state index contributed by atoms with van der Waals surface area (Å²) in [6, 6.07) is 14.0. The summed E-state index contributed by atoms with van der Waals surface area (Å²) >= 11 is 0.878. The molecule has 1 aliphatic heterocycles. The fraction of sp³-hybridized carbons (Fsp3) is 0.130. The van der Waals surface area contributed by atoms with Crippen molar-refractivity contribution < 1.29 is 18.7 Å². The summed E-state index contributed by atoms with van der Waals surface area (Å²) in [7, 11) is 0. The van der Waals surface area contributed by atoms with Gasteiger partial charge in [0.2, 0.25) is 0 Å². The quantitative estimate of drug-likeness (QED) is 0.434. The van der Waals surface area contributed by atoms with Crippen LogP contribution in [0.1, 0.15) is 5.56 Å². The van der Waals surface area contributed by atoms with Gasteiger partial charge in [0.15, 0.2) is 11.6 Å². The Morgan fingerprint density at radius 2 is 1.90 bits per heavy atom. The molecular weight excluding hydrogens is 403 g/mol. The zero-order valence-corrected chi connectivity index (χ0v) is 16.7. The molecule has 0 saturated carbocycles. The maximum Gasteiger partial charge on any atom is 0.294 e. The number of aromatic nitrogens is 1. The monoisotopic (exact) mass is 420 g/mol. The van der Waals surface area contributed by atoms with Gasteiger partial charge >= 0.3 is 0 Å². The van der Waals surface area contributed by atoms with Crippen molar-refractivity contribution in [3.63, 3.8) is 0 Å². The van der Waals surface area contributed by atoms with E-state index < -0.39 is 5.82 Å². The Morgan fingerprint density at radius 1 is 1.13 bits per heavy atom. The van der Waals surface area contributed by atoms with Crippen LogP contribution in [-0.2, 0) is 11.3 Å². The third kappa shape index (κ3) is 3.82. The molecule has 3 aromatic rings. The van der Waals surface area contributed by atoms with Crippen LogP contribution in [0.25, 0.3) is 17.0 Å². The molecule has 2 aromatic carbocycles. The van der Waals surface area contributed by atoms with Gasteiger partial charge in [-0.25, -0.2) is 4.39 Å². The second kappa shape index (κ2) is 8.47. The largest absolute Gasteiger partial charge is 0.489 e. The Kier molecular flexibility index (Phi) is 5.59. The molecule has 1 saturated heterocycles. The highest BCUT2D eigenvalue weighted by Gasteiger charge is 2.34. The highest BCUT2D eigenvalue weighted by atomic mass is 32.2. The maximum atomic E-state index is 13.7. The van der Waals surface area contributed by atoms with Gasteiger partial charge in [-0.15, -0.1) is 6.42 Å². The number of para-hydroxylation sites is 2. The van der Waals surface area contributed by atoms with E-state index in [1.807, 2.05) is 35.0 Å². The van der Waals surface area contributed by atoms with E-state index in [2.05, 4.69) is 5.92 Å². The second-order valence-corrected chi connectivity index (χ2v) is 7.54. The standard InChI is InChI=1S/C23H17FN2O3S/c1-2-11-26-22(27)21(30-23(26)28)14-16-15-25(19-9-5-3-7-17(16)19)12-13-29-20-10-6-4-8-18(20)24/h1,3-10,14-15H,11-13H2/b21-14-. The molecular formula is C23H17FN2O3S. The summed E-state index contributed by atoms with van der Waals surface area (Å²) in [4.78, 5) is 25.9. The molecule has 30 heavy (non-hydrogen) atoms. The lowest BCUT2D eigenvalue weighted by Crippen LogP contribution is -2.28. The molecule has 1 aliphatic rings. The average molecular weight is 420 g/mol. The molecule has 0 N–H and O–H groups in total. The molecule has 0 aliphatic carbocycles. The van der Waals surface area contributed by atoms with Crippen molar-refractivity contribution in [3.05, 3.63) is 71.0 Å². The van der Waals surface area contributed by atoms with Crippen molar-refractivity contribution in [2.75, 3.05) is 13.2 Å². The number of terminal acetylenes is 1. The molecule has 0 atom stereocenters. The maximum absolute atomic E-state index is 13.7. The lowest BCUT2D eigenvalue weighted by Gasteiger charge is -2.08. The molecule has 7 heteroatoms. The van der Waals surface area contributed by atoms with Crippen molar-refractivity contribution in [2.24, 2.45) is 0 Å². The Bertz CT molecular complexity index is 1210. The number of halogens is 1. The zero-order valence-electron chi connectivity index (χ0n) is 15.9. The van der Waals surface area contributed by atoms with E-state index in [4.69, 9.17) is 11.2 Å². The number of amides is 2. The van der Waals surface area contributed by atoms with Crippen molar-refractivity contribution in [3.8, 4) is 18.1 Å². The summed E-state index contributed by atoms with van der Waals surface area (Å²) < 4.78 is 21.3. The Hall–Kier alpha value is -3.50. The minimum absolute atomic E-state index is 0.0445. The number of benzene rings is 2. The van der Waals surface area contributed by atoms with Crippen LogP contribution in [0.5, 0.6) is 5.75 Å². The van der Waals surface area contributed by atoms with Gasteiger partial charge in [0.25, 0.3) is 11.1 Å². The Labute approximate surface area is 177 Å². The summed E-state index contributed by atoms with van der Waals surface area (Å²) in [5.41, 5.74) is 1.76. The highest BCUT2D eigenvalue weighted by molar-refractivity contribution is 8.18. The number of thioether (sulfide) groups is 1. The first-order valence-electron chi connectivity index (χ1n) is 9.22. The number of carbonyl (C=O) groups excluding carboxylic acids is 2. The fourth-order valence-electron chi connectivity index (χ4n) is 3.26. The lowest BCUT2D eigenvalue weighted by atomic mass is 10.1. The van der Waals surface area contributed by atoms with E-state index in [0.29, 0.717) is 11.4 Å². The third-order valence-corrected chi connectivity index (χ3v) is 5.56. The van der Waals surface area contributed by atoms with Crippen molar-refractivity contribution in [1.29, 1.82) is 0 Å². The van der Waals surface area contributed by atoms with Crippen molar-refractivity contribution >= 4 is 39.9 Å². The van der Waals surface area contributed by atoms with Crippen LogP contribution < -0.4 is 4.74 Å². The van der Waals surface area contributed by atoms with Crippen LogP contribution in [-0.4, -0.2) is 33.8 Å². The molecule has 0 unspecified atom stereocenters. The number of nitrogens with zero attached hydrogens (tertiary/aromatic N) is 2. The van der Waals surface area contributed by atoms with Gasteiger partial charge in [-0.05, 0) is 36.0 Å². The van der Waals surface area contributed by atoms with Crippen LogP contribution in [0.3, 0.4) is 0 Å². The van der Waals surface area contributed by atoms with E-state index in [1.165, 1.54) is 6.07 Å². The van der Waals surface area contributed by atoms with E-state index in [9.17, 15) is 14.0 Å². The van der Waals surface area contributed by atoms with Crippen LogP contribution in [0, 0.1) is 18.2 Å². The predicted octanol–water partition coefficient (Wildman–Crippen LogP) is 4.53. The molecule has 2 amide bonds. The van der Waals surface area contributed by atoms with E-state index in [0.717, 1.165) is 33.1 Å². The molecule has 5 nitrogen and oxygen atoms in total. The van der Waals surface area contributed by atoms with Crippen molar-refractivity contribution in [2.45, 2.75) is 6.54 Å². The first-order chi connectivity index (χ1) is 14.6. The second-order valence-electron chi connectivity index (χ2n) is 6.55. The molecule has 0 bridgehead atoms. The van der Waals surface area contributed by atoms with Gasteiger partial charge in [-0.3, -0.25) is 14.5 Å². The topological polar surface area (TPSA) is 51.5 Å². The third-order valence-electron chi connectivity index (χ3n) is 4.66. The number of hydrogen-bond donors (Lipinski definition) is 0. The number of fused-ring (bicyclic) bond motifs is 1. The number of imide groups is 1. The molecule has 4 rings (SSSR count). The van der Waals surface area contributed by atoms with Gasteiger partial charge in [-0.2, -0.15) is 0 Å². The summed E-state index contributed by atoms with van der Waals surface area (Å²) in [5.74, 6) is 1.74. The number of carbonyl (C=O) groups is 2. The Morgan fingerprint density at radius 3 is 2.70 bits per heavy atom. The molecule has 150 valence electrons. The van der Waals surface area contributed by atoms with E-state index in [1.54, 1.807) is 24.3 Å². The molecule has 2 heterocycles. The molecule has 1 fully saturated rings. The minimum Gasteiger partial charge on any atom is -0.489 e. The van der Waals surface area contributed by atoms with E-state index in [-0.39, 0.29) is 30.0 Å². The first-order valence-corrected chi connectivity index (χ1v) is 10.0. The van der Waals surface area contributed by atoms with E-state index >= 15 is 0 Å². The summed E-state index contributed by atoms with van der Waals surface area (Å²) in [6.07, 6.45) is 8.84. The van der Waals surface area contributed by atoms with Gasteiger partial charge in [0, 0.05) is 22.7 Å². The highest BCUT2D eigenvalue weighted by Crippen LogP contribution is 2.34. The van der Waals surface area contributed by atoms with Crippen LogP contribution >= 0.6 is 11.8 Å². The smallest absolute Gasteiger partial charge is 0.294 e. The summed E-state index contributed by atoms with van der Waals surface area (Å²) in [5, 5.41) is 0.568. The average Bonchev–Trinajstić information content (AvgIpc) is 3.22. The van der Waals surface area contributed by atoms with Gasteiger partial charge in [-0.1, -0.05) is 36.3 Å². The van der Waals surface area contributed by atoms with Crippen molar-refractivity contribution in [1.82, 2.24) is 9.47 Å². The number of rotatable bonds is 6. The molecule has 0 spiro atoms. The number of ether oxygens (including phenoxy) is 1. The van der Waals surface area contributed by atoms with Gasteiger partial charge in [0.05, 0.1) is 18.0 Å². The molecule has 1 aromatic heterocycles. The normalized spacial score (nSPS) is 15.2. The van der Waals surface area contributed by atoms with Crippen LogP contribution in [0.2, 0.25) is 0 Å². The Balaban J connectivity index is 1.59. The minimum atomic E-state index is -0.404. The lowest BCUT2D eigenvalue weighted by molar-refractivity contribution is -0.122. The fourth-order valence-corrected chi connectivity index (χ4v) is 4.09. The first kappa shape index (κ1) is 19.8. The van der Waals surface area contributed by atoms with Gasteiger partial charge in [0.1, 0.15) is 6.61 Å². The van der Waals surface area contributed by atoms with Crippen LogP contribution in [0.15, 0.2) is 59.6 Å². The van der Waals surface area contributed by atoms with Gasteiger partial charge < -0.3 is 9.30 Å². The molecule has 0 radical (unpaired) electrons.